The number of carbonyl (C=O) groups excluding carboxylic acids is 1. The molecule has 0 aliphatic heterocycles. The van der Waals surface area contributed by atoms with Crippen molar-refractivity contribution in [3.8, 4) is 11.1 Å². The van der Waals surface area contributed by atoms with Crippen LogP contribution in [0.15, 0.2) is 48.5 Å². The van der Waals surface area contributed by atoms with Crippen molar-refractivity contribution in [1.82, 2.24) is 0 Å². The summed E-state index contributed by atoms with van der Waals surface area (Å²) in [6, 6.07) is 16.8. The van der Waals surface area contributed by atoms with Crippen molar-refractivity contribution in [3.05, 3.63) is 59.7 Å². The Labute approximate surface area is 107 Å². The molecule has 1 aliphatic carbocycles. The summed E-state index contributed by atoms with van der Waals surface area (Å²) >= 11 is 0. The van der Waals surface area contributed by atoms with Gasteiger partial charge in [-0.2, -0.15) is 0 Å². The second-order valence-electron chi connectivity index (χ2n) is 5.55. The summed E-state index contributed by atoms with van der Waals surface area (Å²) in [6.07, 6.45) is 1.08. The quantitative estimate of drug-likeness (QED) is 0.720. The Morgan fingerprint density at radius 3 is 1.78 bits per heavy atom. The fourth-order valence-corrected chi connectivity index (χ4v) is 3.03. The van der Waals surface area contributed by atoms with Gasteiger partial charge in [0.25, 0.3) is 0 Å². The van der Waals surface area contributed by atoms with Crippen LogP contribution in [0.2, 0.25) is 0 Å². The molecular weight excluding hydrogens is 220 g/mol. The third-order valence-electron chi connectivity index (χ3n) is 3.88. The maximum atomic E-state index is 11.4. The average molecular weight is 236 g/mol. The highest BCUT2D eigenvalue weighted by Crippen LogP contribution is 2.51. The summed E-state index contributed by atoms with van der Waals surface area (Å²) in [7, 11) is 0. The minimum Gasteiger partial charge on any atom is -0.303 e. The summed E-state index contributed by atoms with van der Waals surface area (Å²) in [6.45, 7) is 4.03. The largest absolute Gasteiger partial charge is 0.303 e. The first-order chi connectivity index (χ1) is 8.65. The van der Waals surface area contributed by atoms with E-state index in [0.717, 1.165) is 6.29 Å². The predicted octanol–water partition coefficient (Wildman–Crippen LogP) is 4.02. The van der Waals surface area contributed by atoms with Gasteiger partial charge in [0, 0.05) is 11.3 Å². The lowest BCUT2D eigenvalue weighted by atomic mass is 9.74. The first-order valence-electron chi connectivity index (χ1n) is 6.30. The van der Waals surface area contributed by atoms with Crippen LogP contribution >= 0.6 is 0 Å². The first kappa shape index (κ1) is 11.2. The van der Waals surface area contributed by atoms with Crippen LogP contribution in [0.25, 0.3) is 11.1 Å². The van der Waals surface area contributed by atoms with Crippen LogP contribution in [0, 0.1) is 5.41 Å². The van der Waals surface area contributed by atoms with Crippen molar-refractivity contribution in [2.75, 3.05) is 0 Å². The molecule has 0 N–H and O–H groups in total. The fraction of sp³-hybridized carbons (Fsp3) is 0.235. The molecule has 2 aromatic rings. The van der Waals surface area contributed by atoms with E-state index in [-0.39, 0.29) is 11.3 Å². The lowest BCUT2D eigenvalue weighted by Gasteiger charge is -2.27. The summed E-state index contributed by atoms with van der Waals surface area (Å²) in [5.41, 5.74) is 4.72. The third kappa shape index (κ3) is 1.43. The number of benzene rings is 2. The van der Waals surface area contributed by atoms with Crippen LogP contribution in [0.1, 0.15) is 30.9 Å². The molecule has 0 spiro atoms. The molecule has 90 valence electrons. The van der Waals surface area contributed by atoms with E-state index >= 15 is 0 Å². The topological polar surface area (TPSA) is 17.1 Å². The summed E-state index contributed by atoms with van der Waals surface area (Å²) in [5, 5.41) is 0. The Bertz CT molecular complexity index is 565. The highest BCUT2D eigenvalue weighted by molar-refractivity contribution is 5.81. The van der Waals surface area contributed by atoms with Crippen LogP contribution in [0.5, 0.6) is 0 Å². The van der Waals surface area contributed by atoms with Gasteiger partial charge in [0.15, 0.2) is 0 Å². The zero-order valence-corrected chi connectivity index (χ0v) is 10.7. The van der Waals surface area contributed by atoms with Crippen LogP contribution in [0.3, 0.4) is 0 Å². The molecule has 0 heterocycles. The van der Waals surface area contributed by atoms with E-state index in [0.29, 0.717) is 0 Å². The zero-order chi connectivity index (χ0) is 12.8. The third-order valence-corrected chi connectivity index (χ3v) is 3.88. The van der Waals surface area contributed by atoms with Gasteiger partial charge in [0.2, 0.25) is 0 Å². The Morgan fingerprint density at radius 1 is 0.889 bits per heavy atom. The Kier molecular flexibility index (Phi) is 2.37. The van der Waals surface area contributed by atoms with E-state index in [1.54, 1.807) is 0 Å². The molecule has 0 fully saturated rings. The van der Waals surface area contributed by atoms with E-state index < -0.39 is 0 Å². The minimum atomic E-state index is -0.372. The lowest BCUT2D eigenvalue weighted by molar-refractivity contribution is -0.115. The van der Waals surface area contributed by atoms with Gasteiger partial charge in [-0.05, 0) is 22.3 Å². The van der Waals surface area contributed by atoms with Crippen molar-refractivity contribution in [2.24, 2.45) is 5.41 Å². The molecule has 0 atom stereocenters. The SMILES string of the molecule is CC(C)(C=O)C1c2ccccc2-c2ccccc21. The smallest absolute Gasteiger partial charge is 0.126 e. The number of rotatable bonds is 2. The number of carbonyl (C=O) groups is 1. The molecule has 0 aromatic heterocycles. The molecule has 1 aliphatic rings. The van der Waals surface area contributed by atoms with Crippen LogP contribution in [-0.4, -0.2) is 6.29 Å². The van der Waals surface area contributed by atoms with E-state index in [2.05, 4.69) is 48.5 Å². The highest BCUT2D eigenvalue weighted by atomic mass is 16.1. The van der Waals surface area contributed by atoms with Crippen molar-refractivity contribution in [2.45, 2.75) is 19.8 Å². The van der Waals surface area contributed by atoms with E-state index in [1.807, 2.05) is 13.8 Å². The second kappa shape index (κ2) is 3.81. The van der Waals surface area contributed by atoms with Gasteiger partial charge in [0.1, 0.15) is 6.29 Å². The summed E-state index contributed by atoms with van der Waals surface area (Å²) < 4.78 is 0. The molecule has 0 bridgehead atoms. The number of hydrogen-bond acceptors (Lipinski definition) is 1. The van der Waals surface area contributed by atoms with Crippen molar-refractivity contribution in [1.29, 1.82) is 0 Å². The van der Waals surface area contributed by atoms with Crippen molar-refractivity contribution < 1.29 is 4.79 Å². The predicted molar refractivity (Wildman–Crippen MR) is 73.6 cm³/mol. The first-order valence-corrected chi connectivity index (χ1v) is 6.30. The van der Waals surface area contributed by atoms with Crippen LogP contribution in [0.4, 0.5) is 0 Å². The van der Waals surface area contributed by atoms with Gasteiger partial charge < -0.3 is 4.79 Å². The lowest BCUT2D eigenvalue weighted by Crippen LogP contribution is -2.23. The van der Waals surface area contributed by atoms with Gasteiger partial charge >= 0.3 is 0 Å². The van der Waals surface area contributed by atoms with Gasteiger partial charge in [-0.15, -0.1) is 0 Å². The van der Waals surface area contributed by atoms with Gasteiger partial charge in [-0.25, -0.2) is 0 Å². The normalized spacial score (nSPS) is 14.1. The molecule has 0 saturated carbocycles. The van der Waals surface area contributed by atoms with E-state index in [9.17, 15) is 4.79 Å². The molecule has 18 heavy (non-hydrogen) atoms. The fourth-order valence-electron chi connectivity index (χ4n) is 3.03. The number of aldehydes is 1. The summed E-state index contributed by atoms with van der Waals surface area (Å²) in [4.78, 5) is 11.4. The standard InChI is InChI=1S/C17H16O/c1-17(2,11-18)16-14-9-5-3-7-12(14)13-8-4-6-10-15(13)16/h3-11,16H,1-2H3. The van der Waals surface area contributed by atoms with E-state index in [4.69, 9.17) is 0 Å². The van der Waals surface area contributed by atoms with Gasteiger partial charge in [-0.3, -0.25) is 0 Å². The Morgan fingerprint density at radius 2 is 1.33 bits per heavy atom. The molecule has 1 heteroatoms. The molecule has 0 unspecified atom stereocenters. The number of fused-ring (bicyclic) bond motifs is 3. The monoisotopic (exact) mass is 236 g/mol. The molecule has 1 nitrogen and oxygen atoms in total. The average Bonchev–Trinajstić information content (AvgIpc) is 2.74. The molecule has 2 aromatic carbocycles. The van der Waals surface area contributed by atoms with Gasteiger partial charge in [-0.1, -0.05) is 62.4 Å². The Balaban J connectivity index is 2.31. The molecule has 0 saturated heterocycles. The minimum absolute atomic E-state index is 0.169. The maximum absolute atomic E-state index is 11.4. The zero-order valence-electron chi connectivity index (χ0n) is 10.7. The van der Waals surface area contributed by atoms with E-state index in [1.165, 1.54) is 22.3 Å². The molecular formula is C17H16O. The second-order valence-corrected chi connectivity index (χ2v) is 5.55. The number of hydrogen-bond donors (Lipinski definition) is 0. The maximum Gasteiger partial charge on any atom is 0.126 e. The van der Waals surface area contributed by atoms with Crippen LogP contribution < -0.4 is 0 Å². The highest BCUT2D eigenvalue weighted by Gasteiger charge is 2.38. The van der Waals surface area contributed by atoms with Crippen molar-refractivity contribution in [3.63, 3.8) is 0 Å². The molecule has 3 rings (SSSR count). The Hall–Kier alpha value is -1.89. The molecule has 0 radical (unpaired) electrons. The van der Waals surface area contributed by atoms with Crippen molar-refractivity contribution >= 4 is 6.29 Å². The summed E-state index contributed by atoms with van der Waals surface area (Å²) in [5.74, 6) is 0.169. The molecule has 0 amide bonds. The van der Waals surface area contributed by atoms with Crippen LogP contribution in [-0.2, 0) is 4.79 Å². The van der Waals surface area contributed by atoms with Gasteiger partial charge in [0.05, 0.1) is 0 Å².